The lowest BCUT2D eigenvalue weighted by Crippen LogP contribution is -2.13. The van der Waals surface area contributed by atoms with Gasteiger partial charge in [0.2, 0.25) is 0 Å². The first-order valence-electron chi connectivity index (χ1n) is 6.04. The number of hydrogen-bond donors (Lipinski definition) is 0. The van der Waals surface area contributed by atoms with E-state index in [0.717, 1.165) is 11.1 Å². The Morgan fingerprint density at radius 3 is 1.88 bits per heavy atom. The van der Waals surface area contributed by atoms with Crippen molar-refractivity contribution in [1.29, 1.82) is 0 Å². The Bertz CT molecular complexity index is 389. The zero-order chi connectivity index (χ0) is 13.2. The van der Waals surface area contributed by atoms with Crippen molar-refractivity contribution in [3.63, 3.8) is 0 Å². The van der Waals surface area contributed by atoms with E-state index in [9.17, 15) is 13.2 Å². The fraction of sp³-hybridized carbons (Fsp3) is 0.571. The highest BCUT2D eigenvalue weighted by atomic mass is 19.4. The van der Waals surface area contributed by atoms with Crippen molar-refractivity contribution >= 4 is 0 Å². The SMILES string of the molecule is CCc1c(C(C)C)ccc(C(F)(F)F)c1CC. The highest BCUT2D eigenvalue weighted by molar-refractivity contribution is 5.44. The minimum Gasteiger partial charge on any atom is -0.166 e. The quantitative estimate of drug-likeness (QED) is 0.705. The molecule has 0 aliphatic heterocycles. The van der Waals surface area contributed by atoms with Crippen molar-refractivity contribution in [3.8, 4) is 0 Å². The van der Waals surface area contributed by atoms with Crippen LogP contribution < -0.4 is 0 Å². The first kappa shape index (κ1) is 14.1. The highest BCUT2D eigenvalue weighted by Crippen LogP contribution is 2.36. The topological polar surface area (TPSA) is 0 Å². The molecule has 0 amide bonds. The molecule has 1 rings (SSSR count). The minimum atomic E-state index is -4.25. The summed E-state index contributed by atoms with van der Waals surface area (Å²) in [6.45, 7) is 7.73. The van der Waals surface area contributed by atoms with Crippen LogP contribution in [0.5, 0.6) is 0 Å². The summed E-state index contributed by atoms with van der Waals surface area (Å²) in [4.78, 5) is 0. The van der Waals surface area contributed by atoms with E-state index in [1.807, 2.05) is 20.8 Å². The van der Waals surface area contributed by atoms with Gasteiger partial charge in [0.25, 0.3) is 0 Å². The summed E-state index contributed by atoms with van der Waals surface area (Å²) in [7, 11) is 0. The second-order valence-electron chi connectivity index (χ2n) is 4.52. The molecule has 0 heterocycles. The summed E-state index contributed by atoms with van der Waals surface area (Å²) in [5.74, 6) is 0.262. The molecule has 1 aromatic carbocycles. The van der Waals surface area contributed by atoms with Crippen LogP contribution in [-0.2, 0) is 19.0 Å². The summed E-state index contributed by atoms with van der Waals surface area (Å²) in [6, 6.07) is 2.86. The average molecular weight is 244 g/mol. The van der Waals surface area contributed by atoms with Crippen molar-refractivity contribution in [2.75, 3.05) is 0 Å². The van der Waals surface area contributed by atoms with Gasteiger partial charge in [-0.05, 0) is 41.5 Å². The van der Waals surface area contributed by atoms with E-state index in [2.05, 4.69) is 0 Å². The molecular formula is C14H19F3. The molecule has 0 radical (unpaired) electrons. The molecule has 0 saturated carbocycles. The molecule has 0 nitrogen and oxygen atoms in total. The molecule has 0 bridgehead atoms. The van der Waals surface area contributed by atoms with E-state index in [0.29, 0.717) is 18.4 Å². The van der Waals surface area contributed by atoms with Gasteiger partial charge in [0.05, 0.1) is 5.56 Å². The third-order valence-corrected chi connectivity index (χ3v) is 3.10. The molecule has 0 unspecified atom stereocenters. The van der Waals surface area contributed by atoms with E-state index >= 15 is 0 Å². The maximum absolute atomic E-state index is 12.9. The third-order valence-electron chi connectivity index (χ3n) is 3.10. The molecule has 0 atom stereocenters. The second kappa shape index (κ2) is 5.11. The van der Waals surface area contributed by atoms with Crippen LogP contribution in [-0.4, -0.2) is 0 Å². The standard InChI is InChI=1S/C14H19F3/c1-5-10-11(6-2)13(14(15,16)17)8-7-12(10)9(3)4/h7-9H,5-6H2,1-4H3. The van der Waals surface area contributed by atoms with Crippen molar-refractivity contribution in [2.24, 2.45) is 0 Å². The predicted octanol–water partition coefficient (Wildman–Crippen LogP) is 4.95. The van der Waals surface area contributed by atoms with E-state index in [4.69, 9.17) is 0 Å². The molecule has 0 aliphatic carbocycles. The molecule has 3 heteroatoms. The van der Waals surface area contributed by atoms with Gasteiger partial charge in [-0.15, -0.1) is 0 Å². The number of alkyl halides is 3. The molecule has 0 fully saturated rings. The van der Waals surface area contributed by atoms with E-state index in [-0.39, 0.29) is 5.92 Å². The highest BCUT2D eigenvalue weighted by Gasteiger charge is 2.34. The van der Waals surface area contributed by atoms with Gasteiger partial charge in [0, 0.05) is 0 Å². The predicted molar refractivity (Wildman–Crippen MR) is 64.3 cm³/mol. The molecule has 0 N–H and O–H groups in total. The summed E-state index contributed by atoms with van der Waals surface area (Å²) in [5.41, 5.74) is 1.90. The van der Waals surface area contributed by atoms with Crippen LogP contribution >= 0.6 is 0 Å². The van der Waals surface area contributed by atoms with Gasteiger partial charge in [0.15, 0.2) is 0 Å². The lowest BCUT2D eigenvalue weighted by atomic mass is 9.87. The summed E-state index contributed by atoms with van der Waals surface area (Å²) < 4.78 is 38.7. The summed E-state index contributed by atoms with van der Waals surface area (Å²) in [5, 5.41) is 0. The first-order valence-corrected chi connectivity index (χ1v) is 6.04. The maximum Gasteiger partial charge on any atom is 0.416 e. The lowest BCUT2D eigenvalue weighted by Gasteiger charge is -2.20. The summed E-state index contributed by atoms with van der Waals surface area (Å²) >= 11 is 0. The first-order chi connectivity index (χ1) is 7.82. The van der Waals surface area contributed by atoms with Crippen LogP contribution in [0.15, 0.2) is 12.1 Å². The fourth-order valence-corrected chi connectivity index (χ4v) is 2.34. The van der Waals surface area contributed by atoms with Crippen molar-refractivity contribution in [1.82, 2.24) is 0 Å². The molecule has 17 heavy (non-hydrogen) atoms. The third kappa shape index (κ3) is 2.82. The number of hydrogen-bond acceptors (Lipinski definition) is 0. The molecule has 0 saturated heterocycles. The lowest BCUT2D eigenvalue weighted by molar-refractivity contribution is -0.138. The van der Waals surface area contributed by atoms with E-state index in [1.165, 1.54) is 6.07 Å². The fourth-order valence-electron chi connectivity index (χ4n) is 2.34. The smallest absolute Gasteiger partial charge is 0.166 e. The maximum atomic E-state index is 12.9. The molecule has 0 spiro atoms. The molecular weight excluding hydrogens is 225 g/mol. The molecule has 96 valence electrons. The Kier molecular flexibility index (Phi) is 4.23. The number of halogens is 3. The van der Waals surface area contributed by atoms with Gasteiger partial charge in [-0.25, -0.2) is 0 Å². The van der Waals surface area contributed by atoms with Crippen LogP contribution in [0.4, 0.5) is 13.2 Å². The Balaban J connectivity index is 3.49. The van der Waals surface area contributed by atoms with Crippen LogP contribution in [0, 0.1) is 0 Å². The van der Waals surface area contributed by atoms with E-state index in [1.54, 1.807) is 13.0 Å². The number of benzene rings is 1. The van der Waals surface area contributed by atoms with Gasteiger partial charge >= 0.3 is 6.18 Å². The average Bonchev–Trinajstić information content (AvgIpc) is 2.25. The van der Waals surface area contributed by atoms with Gasteiger partial charge in [-0.3, -0.25) is 0 Å². The van der Waals surface area contributed by atoms with Crippen molar-refractivity contribution in [2.45, 2.75) is 52.6 Å². The largest absolute Gasteiger partial charge is 0.416 e. The Morgan fingerprint density at radius 2 is 1.53 bits per heavy atom. The number of rotatable bonds is 3. The van der Waals surface area contributed by atoms with Crippen molar-refractivity contribution < 1.29 is 13.2 Å². The molecule has 0 aliphatic rings. The van der Waals surface area contributed by atoms with Crippen LogP contribution in [0.1, 0.15) is 55.9 Å². The van der Waals surface area contributed by atoms with E-state index < -0.39 is 11.7 Å². The van der Waals surface area contributed by atoms with Gasteiger partial charge in [-0.1, -0.05) is 33.8 Å². The molecule has 0 aromatic heterocycles. The van der Waals surface area contributed by atoms with Gasteiger partial charge in [0.1, 0.15) is 0 Å². The zero-order valence-electron chi connectivity index (χ0n) is 10.8. The van der Waals surface area contributed by atoms with Crippen LogP contribution in [0.25, 0.3) is 0 Å². The Hall–Kier alpha value is -0.990. The second-order valence-corrected chi connectivity index (χ2v) is 4.52. The summed E-state index contributed by atoms with van der Waals surface area (Å²) in [6.07, 6.45) is -3.16. The van der Waals surface area contributed by atoms with Gasteiger partial charge < -0.3 is 0 Å². The monoisotopic (exact) mass is 244 g/mol. The van der Waals surface area contributed by atoms with Crippen LogP contribution in [0.2, 0.25) is 0 Å². The van der Waals surface area contributed by atoms with Crippen molar-refractivity contribution in [3.05, 3.63) is 34.4 Å². The van der Waals surface area contributed by atoms with Gasteiger partial charge in [-0.2, -0.15) is 13.2 Å². The normalized spacial score (nSPS) is 12.2. The molecule has 1 aromatic rings. The Labute approximate surface area is 101 Å². The Morgan fingerprint density at radius 1 is 1.00 bits per heavy atom. The minimum absolute atomic E-state index is 0.262. The van der Waals surface area contributed by atoms with Crippen LogP contribution in [0.3, 0.4) is 0 Å². The zero-order valence-corrected chi connectivity index (χ0v) is 10.8.